The number of fused-ring (bicyclic) bond motifs is 1. The van der Waals surface area contributed by atoms with Gasteiger partial charge in [-0.3, -0.25) is 0 Å². The average molecular weight is 201 g/mol. The first-order valence-corrected chi connectivity index (χ1v) is 4.78. The summed E-state index contributed by atoms with van der Waals surface area (Å²) in [6, 6.07) is 7.65. The molecular weight excluding hydrogens is 190 g/mol. The Morgan fingerprint density at radius 1 is 1.53 bits per heavy atom. The number of aryl methyl sites for hydroxylation is 1. The van der Waals surface area contributed by atoms with Gasteiger partial charge in [-0.25, -0.2) is 4.79 Å². The fourth-order valence-electron chi connectivity index (χ4n) is 1.76. The van der Waals surface area contributed by atoms with Gasteiger partial charge in [-0.2, -0.15) is 5.26 Å². The summed E-state index contributed by atoms with van der Waals surface area (Å²) in [6.07, 6.45) is 0.463. The van der Waals surface area contributed by atoms with E-state index in [1.165, 1.54) is 0 Å². The molecule has 0 spiro atoms. The molecule has 3 heteroatoms. The number of hydrogen-bond acceptors (Lipinski definition) is 3. The molecule has 1 atom stereocenters. The van der Waals surface area contributed by atoms with Crippen LogP contribution in [0.4, 0.5) is 0 Å². The summed E-state index contributed by atoms with van der Waals surface area (Å²) < 4.78 is 5.10. The summed E-state index contributed by atoms with van der Waals surface area (Å²) in [5, 5.41) is 8.92. The van der Waals surface area contributed by atoms with Crippen molar-refractivity contribution in [1.29, 1.82) is 5.26 Å². The molecule has 1 aliphatic rings. The Labute approximate surface area is 88.3 Å². The topological polar surface area (TPSA) is 50.1 Å². The van der Waals surface area contributed by atoms with Crippen LogP contribution in [-0.2, 0) is 11.2 Å². The molecule has 0 bridgehead atoms. The monoisotopic (exact) mass is 201 g/mol. The van der Waals surface area contributed by atoms with Gasteiger partial charge in [0.05, 0.1) is 5.56 Å². The van der Waals surface area contributed by atoms with E-state index in [1.54, 1.807) is 13.0 Å². The largest absolute Gasteiger partial charge is 0.440 e. The van der Waals surface area contributed by atoms with E-state index in [4.69, 9.17) is 10.00 Å². The highest BCUT2D eigenvalue weighted by Crippen LogP contribution is 2.28. The van der Waals surface area contributed by atoms with E-state index in [9.17, 15) is 4.79 Å². The van der Waals surface area contributed by atoms with Gasteiger partial charge >= 0.3 is 5.97 Å². The molecule has 76 valence electrons. The van der Waals surface area contributed by atoms with Crippen LogP contribution in [0, 0.1) is 18.3 Å². The summed E-state index contributed by atoms with van der Waals surface area (Å²) in [4.78, 5) is 11.6. The fraction of sp³-hybridized carbons (Fsp3) is 0.333. The van der Waals surface area contributed by atoms with Gasteiger partial charge in [0.15, 0.2) is 5.60 Å². The van der Waals surface area contributed by atoms with Crippen molar-refractivity contribution in [3.63, 3.8) is 0 Å². The number of nitriles is 1. The minimum Gasteiger partial charge on any atom is -0.440 e. The third-order valence-corrected chi connectivity index (χ3v) is 2.57. The van der Waals surface area contributed by atoms with Gasteiger partial charge in [0, 0.05) is 6.42 Å². The first-order chi connectivity index (χ1) is 7.04. The van der Waals surface area contributed by atoms with Crippen molar-refractivity contribution in [2.45, 2.75) is 25.9 Å². The van der Waals surface area contributed by atoms with E-state index in [1.807, 2.05) is 25.1 Å². The number of ether oxygens (including phenoxy) is 1. The Morgan fingerprint density at radius 3 is 2.93 bits per heavy atom. The van der Waals surface area contributed by atoms with Crippen molar-refractivity contribution in [3.05, 3.63) is 34.9 Å². The van der Waals surface area contributed by atoms with E-state index in [2.05, 4.69) is 0 Å². The van der Waals surface area contributed by atoms with Crippen LogP contribution in [0.5, 0.6) is 0 Å². The maximum atomic E-state index is 11.6. The summed E-state index contributed by atoms with van der Waals surface area (Å²) in [5.74, 6) is -0.399. The maximum Gasteiger partial charge on any atom is 0.340 e. The van der Waals surface area contributed by atoms with Crippen molar-refractivity contribution < 1.29 is 9.53 Å². The molecule has 0 amide bonds. The van der Waals surface area contributed by atoms with Crippen LogP contribution in [0.1, 0.15) is 28.4 Å². The lowest BCUT2D eigenvalue weighted by Gasteiger charge is -2.28. The van der Waals surface area contributed by atoms with Gasteiger partial charge < -0.3 is 4.74 Å². The predicted molar refractivity (Wildman–Crippen MR) is 54.3 cm³/mol. The van der Waals surface area contributed by atoms with Gasteiger partial charge in [0.2, 0.25) is 0 Å². The average Bonchev–Trinajstić information content (AvgIpc) is 2.20. The highest BCUT2D eigenvalue weighted by Gasteiger charge is 2.36. The smallest absolute Gasteiger partial charge is 0.340 e. The molecule has 0 radical (unpaired) electrons. The Bertz CT molecular complexity index is 473. The van der Waals surface area contributed by atoms with Crippen molar-refractivity contribution in [2.24, 2.45) is 0 Å². The highest BCUT2D eigenvalue weighted by atomic mass is 16.6. The number of nitrogens with zero attached hydrogens (tertiary/aromatic N) is 1. The number of rotatable bonds is 0. The van der Waals surface area contributed by atoms with E-state index < -0.39 is 11.6 Å². The van der Waals surface area contributed by atoms with Gasteiger partial charge in [0.1, 0.15) is 6.07 Å². The van der Waals surface area contributed by atoms with Gasteiger partial charge in [-0.05, 0) is 25.5 Å². The molecule has 15 heavy (non-hydrogen) atoms. The van der Waals surface area contributed by atoms with Crippen LogP contribution in [0.15, 0.2) is 18.2 Å². The summed E-state index contributed by atoms with van der Waals surface area (Å²) in [5.41, 5.74) is 1.48. The second-order valence-electron chi connectivity index (χ2n) is 4.07. The third kappa shape index (κ3) is 1.59. The fourth-order valence-corrected chi connectivity index (χ4v) is 1.76. The standard InChI is InChI=1S/C12H11NO2/c1-8-3-4-9-6-12(2,7-13)15-11(14)10(9)5-8/h3-5H,6H2,1-2H3. The minimum atomic E-state index is -1.01. The van der Waals surface area contributed by atoms with Crippen LogP contribution in [0.2, 0.25) is 0 Å². The molecule has 3 nitrogen and oxygen atoms in total. The Morgan fingerprint density at radius 2 is 2.27 bits per heavy atom. The Kier molecular flexibility index (Phi) is 2.01. The zero-order valence-corrected chi connectivity index (χ0v) is 8.70. The normalized spacial score (nSPS) is 23.9. The molecule has 1 heterocycles. The van der Waals surface area contributed by atoms with Crippen LogP contribution in [0.3, 0.4) is 0 Å². The van der Waals surface area contributed by atoms with Crippen LogP contribution in [0.25, 0.3) is 0 Å². The van der Waals surface area contributed by atoms with Crippen LogP contribution < -0.4 is 0 Å². The predicted octanol–water partition coefficient (Wildman–Crippen LogP) is 1.99. The molecule has 0 saturated carbocycles. The van der Waals surface area contributed by atoms with Crippen molar-refractivity contribution >= 4 is 5.97 Å². The third-order valence-electron chi connectivity index (χ3n) is 2.57. The molecule has 0 aliphatic carbocycles. The number of hydrogen-bond donors (Lipinski definition) is 0. The number of esters is 1. The molecule has 1 unspecified atom stereocenters. The summed E-state index contributed by atoms with van der Waals surface area (Å²) in [7, 11) is 0. The number of carbonyl (C=O) groups excluding carboxylic acids is 1. The molecule has 1 aromatic carbocycles. The lowest BCUT2D eigenvalue weighted by atomic mass is 9.90. The first-order valence-electron chi connectivity index (χ1n) is 4.78. The van der Waals surface area contributed by atoms with E-state index in [0.29, 0.717) is 12.0 Å². The first kappa shape index (κ1) is 9.72. The molecule has 0 fully saturated rings. The summed E-state index contributed by atoms with van der Waals surface area (Å²) in [6.45, 7) is 3.55. The lowest BCUT2D eigenvalue weighted by Crippen LogP contribution is -2.37. The molecule has 0 aromatic heterocycles. The van der Waals surface area contributed by atoms with Gasteiger partial charge in [-0.1, -0.05) is 17.7 Å². The molecule has 2 rings (SSSR count). The molecule has 1 aromatic rings. The lowest BCUT2D eigenvalue weighted by molar-refractivity contribution is 0.00849. The molecule has 1 aliphatic heterocycles. The van der Waals surface area contributed by atoms with Crippen LogP contribution >= 0.6 is 0 Å². The van der Waals surface area contributed by atoms with E-state index in [0.717, 1.165) is 11.1 Å². The highest BCUT2D eigenvalue weighted by molar-refractivity contribution is 5.93. The van der Waals surface area contributed by atoms with E-state index in [-0.39, 0.29) is 0 Å². The SMILES string of the molecule is Cc1ccc2c(c1)C(=O)OC(C)(C#N)C2. The second kappa shape index (κ2) is 3.09. The zero-order valence-electron chi connectivity index (χ0n) is 8.70. The number of cyclic esters (lactones) is 1. The Balaban J connectivity index is 2.51. The Hall–Kier alpha value is -1.82. The summed E-state index contributed by atoms with van der Waals surface area (Å²) >= 11 is 0. The zero-order chi connectivity index (χ0) is 11.1. The van der Waals surface area contributed by atoms with Crippen molar-refractivity contribution in [3.8, 4) is 6.07 Å². The van der Waals surface area contributed by atoms with E-state index >= 15 is 0 Å². The maximum absolute atomic E-state index is 11.6. The van der Waals surface area contributed by atoms with Crippen molar-refractivity contribution in [2.75, 3.05) is 0 Å². The number of benzene rings is 1. The second-order valence-corrected chi connectivity index (χ2v) is 4.07. The van der Waals surface area contributed by atoms with Crippen molar-refractivity contribution in [1.82, 2.24) is 0 Å². The molecule has 0 N–H and O–H groups in total. The van der Waals surface area contributed by atoms with Crippen LogP contribution in [-0.4, -0.2) is 11.6 Å². The van der Waals surface area contributed by atoms with Gasteiger partial charge in [0.25, 0.3) is 0 Å². The number of carbonyl (C=O) groups is 1. The molecule has 0 saturated heterocycles. The molecular formula is C12H11NO2. The quantitative estimate of drug-likeness (QED) is 0.603. The minimum absolute atomic E-state index is 0.399. The van der Waals surface area contributed by atoms with Gasteiger partial charge in [-0.15, -0.1) is 0 Å².